The standard InChI is InChI=1S/C23H31NO2/c1-5-23(25)24(17-19-9-7-6-8-10-19)16-15-22(18(2)3)20-11-13-21(26-4)14-12-20/h6-14,18,22H,5,15-17H2,1-4H3. The van der Waals surface area contributed by atoms with Crippen molar-refractivity contribution >= 4 is 5.91 Å². The first-order valence-electron chi connectivity index (χ1n) is 9.50. The summed E-state index contributed by atoms with van der Waals surface area (Å²) in [6.45, 7) is 7.89. The number of ether oxygens (including phenoxy) is 1. The summed E-state index contributed by atoms with van der Waals surface area (Å²) in [6, 6.07) is 18.6. The van der Waals surface area contributed by atoms with Crippen molar-refractivity contribution in [3.8, 4) is 5.75 Å². The fourth-order valence-electron chi connectivity index (χ4n) is 3.35. The SMILES string of the molecule is CCC(=O)N(CCC(c1ccc(OC)cc1)C(C)C)Cc1ccccc1. The average Bonchev–Trinajstić information content (AvgIpc) is 2.67. The number of hydrogen-bond acceptors (Lipinski definition) is 2. The van der Waals surface area contributed by atoms with Crippen LogP contribution in [0.15, 0.2) is 54.6 Å². The maximum atomic E-state index is 12.4. The van der Waals surface area contributed by atoms with Crippen molar-refractivity contribution in [1.82, 2.24) is 4.90 Å². The zero-order chi connectivity index (χ0) is 18.9. The second kappa shape index (κ2) is 10.0. The number of carbonyl (C=O) groups excluding carboxylic acids is 1. The monoisotopic (exact) mass is 353 g/mol. The van der Waals surface area contributed by atoms with E-state index in [1.54, 1.807) is 7.11 Å². The van der Waals surface area contributed by atoms with Gasteiger partial charge >= 0.3 is 0 Å². The molecule has 0 saturated carbocycles. The van der Waals surface area contributed by atoms with E-state index in [1.165, 1.54) is 11.1 Å². The molecular formula is C23H31NO2. The first kappa shape index (κ1) is 20.0. The highest BCUT2D eigenvalue weighted by Crippen LogP contribution is 2.29. The summed E-state index contributed by atoms with van der Waals surface area (Å²) in [6.07, 6.45) is 1.50. The highest BCUT2D eigenvalue weighted by atomic mass is 16.5. The lowest BCUT2D eigenvalue weighted by molar-refractivity contribution is -0.131. The molecule has 0 fully saturated rings. The van der Waals surface area contributed by atoms with Gasteiger partial charge in [-0.15, -0.1) is 0 Å². The largest absolute Gasteiger partial charge is 0.497 e. The molecule has 1 amide bonds. The molecule has 0 bridgehead atoms. The Morgan fingerprint density at radius 3 is 2.23 bits per heavy atom. The molecule has 0 aliphatic heterocycles. The zero-order valence-corrected chi connectivity index (χ0v) is 16.4. The first-order valence-corrected chi connectivity index (χ1v) is 9.50. The molecule has 3 heteroatoms. The van der Waals surface area contributed by atoms with Crippen LogP contribution in [0.4, 0.5) is 0 Å². The predicted octanol–water partition coefficient (Wildman–Crippen LogP) is 5.26. The molecule has 2 aromatic rings. The molecule has 2 rings (SSSR count). The minimum atomic E-state index is 0.214. The van der Waals surface area contributed by atoms with Gasteiger partial charge in [-0.3, -0.25) is 4.79 Å². The molecule has 0 aliphatic carbocycles. The molecule has 1 atom stereocenters. The fourth-order valence-corrected chi connectivity index (χ4v) is 3.35. The molecule has 26 heavy (non-hydrogen) atoms. The summed E-state index contributed by atoms with van der Waals surface area (Å²) in [7, 11) is 1.69. The van der Waals surface area contributed by atoms with Gasteiger partial charge in [-0.05, 0) is 41.5 Å². The molecule has 0 spiro atoms. The van der Waals surface area contributed by atoms with E-state index in [4.69, 9.17) is 4.74 Å². The molecule has 0 heterocycles. The number of hydrogen-bond donors (Lipinski definition) is 0. The van der Waals surface area contributed by atoms with Gasteiger partial charge in [0, 0.05) is 19.5 Å². The second-order valence-corrected chi connectivity index (χ2v) is 7.07. The Balaban J connectivity index is 2.08. The van der Waals surface area contributed by atoms with E-state index in [0.29, 0.717) is 24.8 Å². The van der Waals surface area contributed by atoms with Crippen LogP contribution in [0.25, 0.3) is 0 Å². The quantitative estimate of drug-likeness (QED) is 0.615. The Kier molecular flexibility index (Phi) is 7.71. The lowest BCUT2D eigenvalue weighted by Crippen LogP contribution is -2.32. The molecule has 0 aromatic heterocycles. The molecule has 2 aromatic carbocycles. The second-order valence-electron chi connectivity index (χ2n) is 7.07. The molecule has 140 valence electrons. The molecule has 0 N–H and O–H groups in total. The highest BCUT2D eigenvalue weighted by Gasteiger charge is 2.19. The van der Waals surface area contributed by atoms with Gasteiger partial charge in [-0.1, -0.05) is 63.2 Å². The van der Waals surface area contributed by atoms with Crippen LogP contribution in [-0.2, 0) is 11.3 Å². The van der Waals surface area contributed by atoms with E-state index in [-0.39, 0.29) is 5.91 Å². The van der Waals surface area contributed by atoms with Crippen molar-refractivity contribution in [3.05, 3.63) is 65.7 Å². The zero-order valence-electron chi connectivity index (χ0n) is 16.4. The summed E-state index contributed by atoms with van der Waals surface area (Å²) in [4.78, 5) is 14.4. The van der Waals surface area contributed by atoms with Gasteiger partial charge in [0.15, 0.2) is 0 Å². The number of rotatable bonds is 9. The van der Waals surface area contributed by atoms with E-state index in [1.807, 2.05) is 42.2 Å². The van der Waals surface area contributed by atoms with Crippen molar-refractivity contribution in [2.75, 3.05) is 13.7 Å². The Morgan fingerprint density at radius 2 is 1.69 bits per heavy atom. The first-order chi connectivity index (χ1) is 12.5. The van der Waals surface area contributed by atoms with E-state index in [9.17, 15) is 4.79 Å². The minimum absolute atomic E-state index is 0.214. The maximum Gasteiger partial charge on any atom is 0.222 e. The predicted molar refractivity (Wildman–Crippen MR) is 107 cm³/mol. The fraction of sp³-hybridized carbons (Fsp3) is 0.435. The van der Waals surface area contributed by atoms with Crippen LogP contribution in [-0.4, -0.2) is 24.5 Å². The molecular weight excluding hydrogens is 322 g/mol. The van der Waals surface area contributed by atoms with Crippen molar-refractivity contribution in [3.63, 3.8) is 0 Å². The third-order valence-corrected chi connectivity index (χ3v) is 4.93. The van der Waals surface area contributed by atoms with Crippen LogP contribution in [0.5, 0.6) is 5.75 Å². The van der Waals surface area contributed by atoms with Gasteiger partial charge in [0.2, 0.25) is 5.91 Å². The number of methoxy groups -OCH3 is 1. The number of amides is 1. The Labute approximate surface area is 158 Å². The Morgan fingerprint density at radius 1 is 1.04 bits per heavy atom. The van der Waals surface area contributed by atoms with Crippen LogP contribution in [0.3, 0.4) is 0 Å². The number of benzene rings is 2. The summed E-state index contributed by atoms with van der Waals surface area (Å²) in [5.74, 6) is 2.02. The molecule has 3 nitrogen and oxygen atoms in total. The van der Waals surface area contributed by atoms with E-state index < -0.39 is 0 Å². The van der Waals surface area contributed by atoms with Crippen LogP contribution < -0.4 is 4.74 Å². The maximum absolute atomic E-state index is 12.4. The third kappa shape index (κ3) is 5.62. The van der Waals surface area contributed by atoms with Crippen LogP contribution in [0.1, 0.15) is 50.7 Å². The van der Waals surface area contributed by atoms with Gasteiger partial charge < -0.3 is 9.64 Å². The van der Waals surface area contributed by atoms with Crippen molar-refractivity contribution in [2.45, 2.75) is 46.1 Å². The van der Waals surface area contributed by atoms with Crippen molar-refractivity contribution in [1.29, 1.82) is 0 Å². The molecule has 0 radical (unpaired) electrons. The Hall–Kier alpha value is -2.29. The van der Waals surface area contributed by atoms with E-state index in [2.05, 4.69) is 38.1 Å². The summed E-state index contributed by atoms with van der Waals surface area (Å²) >= 11 is 0. The van der Waals surface area contributed by atoms with Crippen molar-refractivity contribution in [2.24, 2.45) is 5.92 Å². The van der Waals surface area contributed by atoms with Gasteiger partial charge in [-0.25, -0.2) is 0 Å². The Bertz CT molecular complexity index is 664. The minimum Gasteiger partial charge on any atom is -0.497 e. The van der Waals surface area contributed by atoms with E-state index in [0.717, 1.165) is 18.7 Å². The normalized spacial score (nSPS) is 12.0. The molecule has 0 aliphatic rings. The van der Waals surface area contributed by atoms with Crippen LogP contribution in [0.2, 0.25) is 0 Å². The number of nitrogens with zero attached hydrogens (tertiary/aromatic N) is 1. The van der Waals surface area contributed by atoms with Crippen LogP contribution >= 0.6 is 0 Å². The molecule has 0 saturated heterocycles. The highest BCUT2D eigenvalue weighted by molar-refractivity contribution is 5.75. The van der Waals surface area contributed by atoms with E-state index >= 15 is 0 Å². The van der Waals surface area contributed by atoms with Crippen molar-refractivity contribution < 1.29 is 9.53 Å². The summed E-state index contributed by atoms with van der Waals surface area (Å²) in [5, 5.41) is 0. The lowest BCUT2D eigenvalue weighted by Gasteiger charge is -2.27. The molecule has 1 unspecified atom stereocenters. The van der Waals surface area contributed by atoms with Gasteiger partial charge in [0.05, 0.1) is 7.11 Å². The summed E-state index contributed by atoms with van der Waals surface area (Å²) in [5.41, 5.74) is 2.49. The van der Waals surface area contributed by atoms with Gasteiger partial charge in [-0.2, -0.15) is 0 Å². The summed E-state index contributed by atoms with van der Waals surface area (Å²) < 4.78 is 5.27. The topological polar surface area (TPSA) is 29.5 Å². The van der Waals surface area contributed by atoms with Gasteiger partial charge in [0.25, 0.3) is 0 Å². The van der Waals surface area contributed by atoms with Crippen LogP contribution in [0, 0.1) is 5.92 Å². The number of carbonyl (C=O) groups is 1. The smallest absolute Gasteiger partial charge is 0.222 e. The third-order valence-electron chi connectivity index (χ3n) is 4.93. The lowest BCUT2D eigenvalue weighted by atomic mass is 9.85. The van der Waals surface area contributed by atoms with Gasteiger partial charge in [0.1, 0.15) is 5.75 Å². The average molecular weight is 354 g/mol.